The van der Waals surface area contributed by atoms with Crippen LogP contribution in [0.25, 0.3) is 0 Å². The zero-order valence-corrected chi connectivity index (χ0v) is 14.0. The van der Waals surface area contributed by atoms with Crippen LogP contribution in [0.1, 0.15) is 46.0 Å². The van der Waals surface area contributed by atoms with E-state index in [1.165, 1.54) is 0 Å². The number of hydrogen-bond acceptors (Lipinski definition) is 5. The van der Waals surface area contributed by atoms with Crippen molar-refractivity contribution in [3.05, 3.63) is 0 Å². The molecule has 3 fully saturated rings. The molecule has 2 heterocycles. The molecule has 1 saturated carbocycles. The Morgan fingerprint density at radius 1 is 1.26 bits per heavy atom. The highest BCUT2D eigenvalue weighted by Gasteiger charge is 2.37. The Kier molecular flexibility index (Phi) is 5.20. The van der Waals surface area contributed by atoms with Gasteiger partial charge in [-0.3, -0.25) is 10.1 Å². The molecular formula is C17H28N4O2. The summed E-state index contributed by atoms with van der Waals surface area (Å²) in [4.78, 5) is 12.3. The molecule has 2 aliphatic heterocycles. The highest BCUT2D eigenvalue weighted by Crippen LogP contribution is 2.31. The number of carbonyl (C=O) groups excluding carboxylic acids is 1. The maximum Gasteiger partial charge on any atom is 0.237 e. The van der Waals surface area contributed by atoms with Gasteiger partial charge in [-0.25, -0.2) is 0 Å². The monoisotopic (exact) mass is 320 g/mol. The molecule has 23 heavy (non-hydrogen) atoms. The molecule has 128 valence electrons. The topological polar surface area (TPSA) is 86.2 Å². The molecule has 1 aliphatic carbocycles. The summed E-state index contributed by atoms with van der Waals surface area (Å²) in [6.45, 7) is 4.91. The molecule has 0 bridgehead atoms. The van der Waals surface area contributed by atoms with E-state index in [9.17, 15) is 4.79 Å². The Bertz CT molecular complexity index is 460. The molecule has 6 nitrogen and oxygen atoms in total. The fraction of sp³-hybridized carbons (Fsp3) is 0.882. The normalized spacial score (nSPS) is 44.0. The first-order chi connectivity index (χ1) is 11.1. The van der Waals surface area contributed by atoms with Crippen LogP contribution in [0.4, 0.5) is 0 Å². The molecule has 0 aromatic heterocycles. The highest BCUT2D eigenvalue weighted by atomic mass is 16.5. The molecule has 0 aromatic carbocycles. The fourth-order valence-corrected chi connectivity index (χ4v) is 3.93. The van der Waals surface area contributed by atoms with Gasteiger partial charge in [0.05, 0.1) is 24.1 Å². The summed E-state index contributed by atoms with van der Waals surface area (Å²) in [7, 11) is 0. The molecule has 1 amide bonds. The summed E-state index contributed by atoms with van der Waals surface area (Å²) >= 11 is 0. The van der Waals surface area contributed by atoms with E-state index in [0.29, 0.717) is 24.9 Å². The average Bonchev–Trinajstić information content (AvgIpc) is 3.15. The van der Waals surface area contributed by atoms with Gasteiger partial charge in [0, 0.05) is 18.6 Å². The van der Waals surface area contributed by atoms with E-state index in [0.717, 1.165) is 25.7 Å². The van der Waals surface area contributed by atoms with Crippen molar-refractivity contribution < 1.29 is 9.53 Å². The number of nitriles is 1. The second-order valence-corrected chi connectivity index (χ2v) is 7.36. The Labute approximate surface area is 138 Å². The van der Waals surface area contributed by atoms with Crippen LogP contribution in [-0.4, -0.2) is 42.9 Å². The van der Waals surface area contributed by atoms with E-state index in [1.54, 1.807) is 0 Å². The van der Waals surface area contributed by atoms with E-state index in [2.05, 4.69) is 35.9 Å². The molecule has 5 atom stereocenters. The first-order valence-corrected chi connectivity index (χ1v) is 8.91. The summed E-state index contributed by atoms with van der Waals surface area (Å²) < 4.78 is 6.00. The standard InChI is InChI=1S/C17H28N4O2/c1-10-11(2)23-17(20-10)13-3-5-14(6-4-13)21-16(22)15-7-12(8-18)9-19-15/h10-15,17,19-20H,3-7,9H2,1-2H3,(H,21,22). The molecular weight excluding hydrogens is 292 g/mol. The van der Waals surface area contributed by atoms with Gasteiger partial charge < -0.3 is 15.4 Å². The minimum absolute atomic E-state index is 0.0314. The van der Waals surface area contributed by atoms with Gasteiger partial charge in [0.15, 0.2) is 0 Å². The van der Waals surface area contributed by atoms with Crippen LogP contribution in [0, 0.1) is 23.2 Å². The maximum atomic E-state index is 12.3. The first kappa shape index (κ1) is 16.7. The van der Waals surface area contributed by atoms with Crippen LogP contribution in [-0.2, 0) is 9.53 Å². The van der Waals surface area contributed by atoms with Gasteiger partial charge >= 0.3 is 0 Å². The van der Waals surface area contributed by atoms with E-state index in [1.807, 2.05) is 0 Å². The van der Waals surface area contributed by atoms with Gasteiger partial charge in [0.2, 0.25) is 5.91 Å². The third-order valence-electron chi connectivity index (χ3n) is 5.67. The van der Waals surface area contributed by atoms with Crippen molar-refractivity contribution in [1.29, 1.82) is 5.26 Å². The smallest absolute Gasteiger partial charge is 0.237 e. The van der Waals surface area contributed by atoms with Crippen LogP contribution in [0.15, 0.2) is 0 Å². The molecule has 5 unspecified atom stereocenters. The van der Waals surface area contributed by atoms with Gasteiger partial charge in [-0.1, -0.05) is 0 Å². The van der Waals surface area contributed by atoms with Crippen LogP contribution in [0.2, 0.25) is 0 Å². The molecule has 0 radical (unpaired) electrons. The lowest BCUT2D eigenvalue weighted by Gasteiger charge is -2.32. The Balaban J connectivity index is 1.41. The summed E-state index contributed by atoms with van der Waals surface area (Å²) in [5.41, 5.74) is 0. The number of ether oxygens (including phenoxy) is 1. The van der Waals surface area contributed by atoms with Gasteiger partial charge in [-0.15, -0.1) is 0 Å². The lowest BCUT2D eigenvalue weighted by Crippen LogP contribution is -2.47. The molecule has 6 heteroatoms. The summed E-state index contributed by atoms with van der Waals surface area (Å²) in [6, 6.07) is 2.72. The van der Waals surface area contributed by atoms with Crippen LogP contribution in [0.3, 0.4) is 0 Å². The van der Waals surface area contributed by atoms with Crippen molar-refractivity contribution in [3.8, 4) is 6.07 Å². The third kappa shape index (κ3) is 3.85. The predicted molar refractivity (Wildman–Crippen MR) is 86.3 cm³/mol. The van der Waals surface area contributed by atoms with Crippen LogP contribution < -0.4 is 16.0 Å². The molecule has 3 aliphatic rings. The van der Waals surface area contributed by atoms with E-state index < -0.39 is 0 Å². The van der Waals surface area contributed by atoms with Gasteiger partial charge in [-0.2, -0.15) is 5.26 Å². The zero-order chi connectivity index (χ0) is 16.4. The minimum Gasteiger partial charge on any atom is -0.359 e. The van der Waals surface area contributed by atoms with Gasteiger partial charge in [0.1, 0.15) is 6.23 Å². The lowest BCUT2D eigenvalue weighted by molar-refractivity contribution is -0.123. The van der Waals surface area contributed by atoms with Gasteiger partial charge in [-0.05, 0) is 51.9 Å². The number of rotatable bonds is 3. The van der Waals surface area contributed by atoms with Crippen molar-refractivity contribution in [2.24, 2.45) is 11.8 Å². The van der Waals surface area contributed by atoms with Crippen molar-refractivity contribution in [2.75, 3.05) is 6.54 Å². The van der Waals surface area contributed by atoms with Crippen molar-refractivity contribution >= 4 is 5.91 Å². The number of nitrogens with zero attached hydrogens (tertiary/aromatic N) is 1. The van der Waals surface area contributed by atoms with E-state index >= 15 is 0 Å². The SMILES string of the molecule is CC1NC(C2CCC(NC(=O)C3CC(C#N)CN3)CC2)OC1C. The largest absolute Gasteiger partial charge is 0.359 e. The molecule has 0 spiro atoms. The lowest BCUT2D eigenvalue weighted by atomic mass is 9.84. The fourth-order valence-electron chi connectivity index (χ4n) is 3.93. The zero-order valence-electron chi connectivity index (χ0n) is 14.0. The number of amides is 1. The summed E-state index contributed by atoms with van der Waals surface area (Å²) in [5, 5.41) is 18.8. The van der Waals surface area contributed by atoms with E-state index in [4.69, 9.17) is 10.00 Å². The molecule has 3 N–H and O–H groups in total. The second-order valence-electron chi connectivity index (χ2n) is 7.36. The summed E-state index contributed by atoms with van der Waals surface area (Å²) in [6.07, 6.45) is 5.27. The Hall–Kier alpha value is -1.16. The average molecular weight is 320 g/mol. The Morgan fingerprint density at radius 2 is 2.00 bits per heavy atom. The quantitative estimate of drug-likeness (QED) is 0.719. The van der Waals surface area contributed by atoms with Crippen LogP contribution >= 0.6 is 0 Å². The molecule has 3 rings (SSSR count). The van der Waals surface area contributed by atoms with Crippen LogP contribution in [0.5, 0.6) is 0 Å². The number of hydrogen-bond donors (Lipinski definition) is 3. The van der Waals surface area contributed by atoms with Gasteiger partial charge in [0.25, 0.3) is 0 Å². The number of carbonyl (C=O) groups is 1. The Morgan fingerprint density at radius 3 is 2.57 bits per heavy atom. The van der Waals surface area contributed by atoms with Crippen molar-refractivity contribution in [2.45, 2.75) is 76.4 Å². The maximum absolute atomic E-state index is 12.3. The molecule has 2 saturated heterocycles. The third-order valence-corrected chi connectivity index (χ3v) is 5.67. The molecule has 0 aromatic rings. The van der Waals surface area contributed by atoms with Crippen molar-refractivity contribution in [1.82, 2.24) is 16.0 Å². The first-order valence-electron chi connectivity index (χ1n) is 8.91. The number of nitrogens with one attached hydrogen (secondary N) is 3. The minimum atomic E-state index is -0.195. The summed E-state index contributed by atoms with van der Waals surface area (Å²) in [5.74, 6) is 0.572. The second kappa shape index (κ2) is 7.16. The predicted octanol–water partition coefficient (Wildman–Crippen LogP) is 0.886. The van der Waals surface area contributed by atoms with Crippen molar-refractivity contribution in [3.63, 3.8) is 0 Å². The highest BCUT2D eigenvalue weighted by molar-refractivity contribution is 5.82. The van der Waals surface area contributed by atoms with E-state index in [-0.39, 0.29) is 36.2 Å².